The third-order valence-electron chi connectivity index (χ3n) is 4.81. The van der Waals surface area contributed by atoms with Gasteiger partial charge in [0.15, 0.2) is 0 Å². The van der Waals surface area contributed by atoms with Gasteiger partial charge in [-0.3, -0.25) is 5.32 Å². The highest BCUT2D eigenvalue weighted by atomic mass is 16.3. The molecule has 1 aliphatic rings. The van der Waals surface area contributed by atoms with Crippen molar-refractivity contribution in [2.24, 2.45) is 5.92 Å². The van der Waals surface area contributed by atoms with Crippen molar-refractivity contribution in [3.8, 4) is 0 Å². The van der Waals surface area contributed by atoms with Crippen LogP contribution in [0, 0.1) is 5.92 Å². The van der Waals surface area contributed by atoms with Crippen LogP contribution in [0.2, 0.25) is 0 Å². The van der Waals surface area contributed by atoms with Gasteiger partial charge in [0.1, 0.15) is 5.82 Å². The van der Waals surface area contributed by atoms with E-state index in [1.54, 1.807) is 10.9 Å². The number of aliphatic hydroxyl groups excluding tert-OH is 1. The van der Waals surface area contributed by atoms with E-state index in [1.807, 2.05) is 55.1 Å². The molecule has 2 amide bonds. The van der Waals surface area contributed by atoms with Crippen LogP contribution in [0.25, 0.3) is 0 Å². The SMILES string of the molecule is CC(C)n1nccc1NC(=O)N1CCC([C@@H](O)c2ccccc2)CC1. The number of benzene rings is 1. The van der Waals surface area contributed by atoms with Gasteiger partial charge in [0.2, 0.25) is 0 Å². The Hall–Kier alpha value is -2.34. The lowest BCUT2D eigenvalue weighted by molar-refractivity contribution is 0.0683. The zero-order chi connectivity index (χ0) is 17.8. The molecule has 1 saturated heterocycles. The molecule has 0 saturated carbocycles. The van der Waals surface area contributed by atoms with Gasteiger partial charge < -0.3 is 10.0 Å². The van der Waals surface area contributed by atoms with Gasteiger partial charge in [-0.1, -0.05) is 30.3 Å². The van der Waals surface area contributed by atoms with Crippen molar-refractivity contribution >= 4 is 11.8 Å². The van der Waals surface area contributed by atoms with E-state index < -0.39 is 6.10 Å². The number of aliphatic hydroxyl groups is 1. The van der Waals surface area contributed by atoms with E-state index in [2.05, 4.69) is 10.4 Å². The van der Waals surface area contributed by atoms with Crippen LogP contribution in [0.15, 0.2) is 42.6 Å². The number of nitrogens with zero attached hydrogens (tertiary/aromatic N) is 3. The molecule has 1 aliphatic heterocycles. The number of carbonyl (C=O) groups excluding carboxylic acids is 1. The molecule has 0 aliphatic carbocycles. The molecule has 0 radical (unpaired) electrons. The quantitative estimate of drug-likeness (QED) is 0.894. The average molecular weight is 342 g/mol. The lowest BCUT2D eigenvalue weighted by Gasteiger charge is -2.34. The monoisotopic (exact) mass is 342 g/mol. The second-order valence-electron chi connectivity index (χ2n) is 6.86. The average Bonchev–Trinajstić information content (AvgIpc) is 3.10. The number of amides is 2. The first-order valence-electron chi connectivity index (χ1n) is 8.88. The van der Waals surface area contributed by atoms with Crippen LogP contribution in [-0.2, 0) is 0 Å². The summed E-state index contributed by atoms with van der Waals surface area (Å²) in [5.74, 6) is 0.902. The Kier molecular flexibility index (Phi) is 5.38. The van der Waals surface area contributed by atoms with Gasteiger partial charge in [-0.15, -0.1) is 0 Å². The highest BCUT2D eigenvalue weighted by Crippen LogP contribution is 2.30. The molecule has 25 heavy (non-hydrogen) atoms. The predicted octanol–water partition coefficient (Wildman–Crippen LogP) is 3.44. The van der Waals surface area contributed by atoms with Crippen LogP contribution in [-0.4, -0.2) is 38.9 Å². The fourth-order valence-corrected chi connectivity index (χ4v) is 3.35. The van der Waals surface area contributed by atoms with Gasteiger partial charge in [0.05, 0.1) is 12.3 Å². The molecular weight excluding hydrogens is 316 g/mol. The molecule has 3 rings (SSSR count). The van der Waals surface area contributed by atoms with Gasteiger partial charge in [-0.05, 0) is 38.2 Å². The van der Waals surface area contributed by atoms with Gasteiger partial charge in [0.25, 0.3) is 0 Å². The number of aromatic nitrogens is 2. The van der Waals surface area contributed by atoms with Gasteiger partial charge >= 0.3 is 6.03 Å². The van der Waals surface area contributed by atoms with Gasteiger partial charge in [0, 0.05) is 25.2 Å². The minimum Gasteiger partial charge on any atom is -0.388 e. The molecule has 1 aromatic heterocycles. The van der Waals surface area contributed by atoms with Gasteiger partial charge in [-0.25, -0.2) is 9.48 Å². The molecule has 0 bridgehead atoms. The second-order valence-corrected chi connectivity index (χ2v) is 6.86. The number of rotatable bonds is 4. The van der Waals surface area contributed by atoms with Crippen LogP contribution in [0.4, 0.5) is 10.6 Å². The zero-order valence-electron chi connectivity index (χ0n) is 14.8. The number of urea groups is 1. The minimum absolute atomic E-state index is 0.102. The summed E-state index contributed by atoms with van der Waals surface area (Å²) in [4.78, 5) is 14.3. The van der Waals surface area contributed by atoms with Crippen molar-refractivity contribution in [2.75, 3.05) is 18.4 Å². The summed E-state index contributed by atoms with van der Waals surface area (Å²) >= 11 is 0. The van der Waals surface area contributed by atoms with Crippen LogP contribution >= 0.6 is 0 Å². The van der Waals surface area contributed by atoms with E-state index in [0.29, 0.717) is 18.9 Å². The molecule has 1 fully saturated rings. The Bertz CT molecular complexity index is 690. The molecule has 1 aromatic carbocycles. The lowest BCUT2D eigenvalue weighted by atomic mass is 9.87. The number of nitrogens with one attached hydrogen (secondary N) is 1. The number of anilines is 1. The highest BCUT2D eigenvalue weighted by Gasteiger charge is 2.28. The maximum Gasteiger partial charge on any atom is 0.322 e. The first-order chi connectivity index (χ1) is 12.1. The topological polar surface area (TPSA) is 70.4 Å². The van der Waals surface area contributed by atoms with Crippen molar-refractivity contribution in [1.29, 1.82) is 0 Å². The van der Waals surface area contributed by atoms with Crippen molar-refractivity contribution < 1.29 is 9.90 Å². The van der Waals surface area contributed by atoms with Crippen LogP contribution in [0.1, 0.15) is 44.4 Å². The van der Waals surface area contributed by atoms with E-state index in [0.717, 1.165) is 18.4 Å². The molecule has 2 heterocycles. The van der Waals surface area contributed by atoms with E-state index in [9.17, 15) is 9.90 Å². The van der Waals surface area contributed by atoms with E-state index in [1.165, 1.54) is 0 Å². The number of piperidine rings is 1. The van der Waals surface area contributed by atoms with E-state index in [-0.39, 0.29) is 18.0 Å². The normalized spacial score (nSPS) is 16.9. The summed E-state index contributed by atoms with van der Waals surface area (Å²) in [6.07, 6.45) is 2.83. The number of hydrogen-bond acceptors (Lipinski definition) is 3. The molecule has 6 heteroatoms. The Balaban J connectivity index is 1.55. The molecule has 6 nitrogen and oxygen atoms in total. The first kappa shape index (κ1) is 17.5. The number of carbonyl (C=O) groups is 1. The first-order valence-corrected chi connectivity index (χ1v) is 8.88. The minimum atomic E-state index is -0.464. The standard InChI is InChI=1S/C19H26N4O2/c1-14(2)23-17(8-11-20-23)21-19(25)22-12-9-16(10-13-22)18(24)15-6-4-3-5-7-15/h3-8,11,14,16,18,24H,9-10,12-13H2,1-2H3,(H,21,25)/t18-/m0/s1. The molecule has 0 spiro atoms. The van der Waals surface area contributed by atoms with Crippen LogP contribution < -0.4 is 5.32 Å². The molecule has 2 aromatic rings. The third kappa shape index (κ3) is 4.02. The fourth-order valence-electron chi connectivity index (χ4n) is 3.35. The summed E-state index contributed by atoms with van der Waals surface area (Å²) in [5, 5.41) is 17.7. The molecular formula is C19H26N4O2. The Morgan fingerprint density at radius 3 is 2.52 bits per heavy atom. The Morgan fingerprint density at radius 2 is 1.88 bits per heavy atom. The summed E-state index contributed by atoms with van der Waals surface area (Å²) in [6.45, 7) is 5.35. The van der Waals surface area contributed by atoms with Gasteiger partial charge in [-0.2, -0.15) is 5.10 Å². The summed E-state index contributed by atoms with van der Waals surface area (Å²) in [5.41, 5.74) is 0.950. The Labute approximate surface area is 148 Å². The van der Waals surface area contributed by atoms with Crippen molar-refractivity contribution in [2.45, 2.75) is 38.8 Å². The Morgan fingerprint density at radius 1 is 1.20 bits per heavy atom. The van der Waals surface area contributed by atoms with Crippen molar-refractivity contribution in [3.63, 3.8) is 0 Å². The fraction of sp³-hybridized carbons (Fsp3) is 0.474. The predicted molar refractivity (Wildman–Crippen MR) is 97.3 cm³/mol. The highest BCUT2D eigenvalue weighted by molar-refractivity contribution is 5.88. The molecule has 1 atom stereocenters. The second kappa shape index (κ2) is 7.70. The maximum atomic E-state index is 12.5. The number of likely N-dealkylation sites (tertiary alicyclic amines) is 1. The van der Waals surface area contributed by atoms with E-state index in [4.69, 9.17) is 0 Å². The van der Waals surface area contributed by atoms with Crippen molar-refractivity contribution in [1.82, 2.24) is 14.7 Å². The summed E-state index contributed by atoms with van der Waals surface area (Å²) in [6, 6.07) is 11.6. The summed E-state index contributed by atoms with van der Waals surface area (Å²) in [7, 11) is 0. The maximum absolute atomic E-state index is 12.5. The summed E-state index contributed by atoms with van der Waals surface area (Å²) < 4.78 is 1.80. The van der Waals surface area contributed by atoms with Crippen LogP contribution in [0.5, 0.6) is 0 Å². The lowest BCUT2D eigenvalue weighted by Crippen LogP contribution is -2.42. The smallest absolute Gasteiger partial charge is 0.322 e. The zero-order valence-corrected chi connectivity index (χ0v) is 14.8. The molecule has 0 unspecified atom stereocenters. The largest absolute Gasteiger partial charge is 0.388 e. The molecule has 134 valence electrons. The van der Waals surface area contributed by atoms with E-state index >= 15 is 0 Å². The molecule has 2 N–H and O–H groups in total. The third-order valence-corrected chi connectivity index (χ3v) is 4.81. The number of hydrogen-bond donors (Lipinski definition) is 2. The van der Waals surface area contributed by atoms with Crippen molar-refractivity contribution in [3.05, 3.63) is 48.2 Å². The van der Waals surface area contributed by atoms with Crippen LogP contribution in [0.3, 0.4) is 0 Å².